The standard InChI is InChI=1S/C38H49N7O6S/c1-9-44-29-15-14-25-28-20-52-30(40-28)18-27(42-36(48)51-37(3,4)5)34(46)45-17-11-13-26(43-45)35(47)50-21-38(6,7)19-24(32(29)41-25)33(44)23-12-10-16-39-31(23)22(2)49-8/h10,12,14-16,20,22,26-27,43H,9,11,13,17-19,21H2,1-8H3,(H,42,48)/t22-,26-,27-/m0/s1. The molecule has 0 saturated carbocycles. The second-order valence-electron chi connectivity index (χ2n) is 15.2. The number of fused-ring (bicyclic) bond motifs is 6. The molecule has 1 fully saturated rings. The molecule has 13 nitrogen and oxygen atoms in total. The quantitative estimate of drug-likeness (QED) is 0.234. The number of thiazole rings is 1. The van der Waals surface area contributed by atoms with Crippen LogP contribution in [-0.2, 0) is 43.2 Å². The van der Waals surface area contributed by atoms with Gasteiger partial charge in [0, 0.05) is 54.7 Å². The molecule has 6 heterocycles. The number of hydrazine groups is 1. The molecule has 1 saturated heterocycles. The Bertz CT molecular complexity index is 1960. The third-order valence-corrected chi connectivity index (χ3v) is 10.2. The number of methoxy groups -OCH3 is 1. The number of ether oxygens (including phenoxy) is 3. The van der Waals surface area contributed by atoms with Crippen molar-refractivity contribution in [2.75, 3.05) is 20.3 Å². The van der Waals surface area contributed by atoms with Crippen LogP contribution in [0.2, 0.25) is 0 Å². The second-order valence-corrected chi connectivity index (χ2v) is 16.2. The van der Waals surface area contributed by atoms with Crippen molar-refractivity contribution in [2.45, 2.75) is 104 Å². The highest BCUT2D eigenvalue weighted by molar-refractivity contribution is 7.10. The first-order valence-corrected chi connectivity index (χ1v) is 18.7. The first-order chi connectivity index (χ1) is 24.7. The number of carbonyl (C=O) groups excluding carboxylic acids is 3. The lowest BCUT2D eigenvalue weighted by atomic mass is 9.85. The van der Waals surface area contributed by atoms with E-state index in [1.165, 1.54) is 16.3 Å². The number of esters is 1. The summed E-state index contributed by atoms with van der Waals surface area (Å²) < 4.78 is 19.5. The van der Waals surface area contributed by atoms with Crippen LogP contribution in [0.4, 0.5) is 4.79 Å². The van der Waals surface area contributed by atoms with Gasteiger partial charge in [0.05, 0.1) is 51.5 Å². The monoisotopic (exact) mass is 731 g/mol. The number of cyclic esters (lactones) is 1. The Labute approximate surface area is 308 Å². The van der Waals surface area contributed by atoms with E-state index >= 15 is 0 Å². The van der Waals surface area contributed by atoms with E-state index in [0.29, 0.717) is 48.7 Å². The SMILES string of the molecule is CCn1c(-c2cccnc2[C@H](C)OC)c2c3nc(ccc31)-c1csc(n1)C[C@H](NC(=O)OC(C)(C)C)C(=O)N1CCC[C@H](N1)C(=O)OCC(C)(C)C2. The molecular weight excluding hydrogens is 683 g/mol. The van der Waals surface area contributed by atoms with E-state index in [1.54, 1.807) is 34.1 Å². The topological polar surface area (TPSA) is 150 Å². The van der Waals surface area contributed by atoms with Crippen LogP contribution in [0.5, 0.6) is 0 Å². The molecule has 4 aromatic rings. The molecule has 2 aliphatic rings. The van der Waals surface area contributed by atoms with E-state index in [-0.39, 0.29) is 19.1 Å². The smallest absolute Gasteiger partial charge is 0.408 e. The molecule has 14 heteroatoms. The van der Waals surface area contributed by atoms with Gasteiger partial charge in [-0.25, -0.2) is 20.2 Å². The molecule has 2 amide bonds. The van der Waals surface area contributed by atoms with E-state index in [2.05, 4.69) is 48.2 Å². The van der Waals surface area contributed by atoms with Crippen LogP contribution in [0.25, 0.3) is 33.7 Å². The normalized spacial score (nSPS) is 20.3. The van der Waals surface area contributed by atoms with Crippen LogP contribution in [0.1, 0.15) is 83.7 Å². The summed E-state index contributed by atoms with van der Waals surface area (Å²) in [6, 6.07) is 6.32. The molecule has 0 unspecified atom stereocenters. The van der Waals surface area contributed by atoms with E-state index in [4.69, 9.17) is 29.2 Å². The molecule has 0 aliphatic carbocycles. The van der Waals surface area contributed by atoms with Gasteiger partial charge in [0.1, 0.15) is 17.7 Å². The van der Waals surface area contributed by atoms with Gasteiger partial charge in [-0.2, -0.15) is 0 Å². The van der Waals surface area contributed by atoms with Crippen molar-refractivity contribution in [3.8, 4) is 22.6 Å². The summed E-state index contributed by atoms with van der Waals surface area (Å²) in [4.78, 5) is 55.4. The fourth-order valence-electron chi connectivity index (χ4n) is 6.83. The Morgan fingerprint density at radius 1 is 1.19 bits per heavy atom. The maximum atomic E-state index is 14.0. The summed E-state index contributed by atoms with van der Waals surface area (Å²) in [5, 5.41) is 6.74. The molecule has 2 N–H and O–H groups in total. The molecule has 0 spiro atoms. The largest absolute Gasteiger partial charge is 0.464 e. The number of carbonyl (C=O) groups is 3. The fraction of sp³-hybridized carbons (Fsp3) is 0.526. The van der Waals surface area contributed by atoms with Crippen LogP contribution in [0, 0.1) is 5.41 Å². The average molecular weight is 732 g/mol. The highest BCUT2D eigenvalue weighted by atomic mass is 32.1. The maximum absolute atomic E-state index is 14.0. The van der Waals surface area contributed by atoms with Crippen LogP contribution >= 0.6 is 11.3 Å². The summed E-state index contributed by atoms with van der Waals surface area (Å²) in [5.74, 6) is -0.829. The number of hydrogen-bond donors (Lipinski definition) is 2. The zero-order chi connectivity index (χ0) is 37.4. The summed E-state index contributed by atoms with van der Waals surface area (Å²) in [7, 11) is 1.68. The third kappa shape index (κ3) is 7.98. The van der Waals surface area contributed by atoms with Gasteiger partial charge in [-0.3, -0.25) is 19.6 Å². The van der Waals surface area contributed by atoms with Crippen LogP contribution in [0.3, 0.4) is 0 Å². The van der Waals surface area contributed by atoms with Crippen molar-refractivity contribution in [2.24, 2.45) is 5.41 Å². The van der Waals surface area contributed by atoms with E-state index in [0.717, 1.165) is 33.5 Å². The number of rotatable bonds is 5. The van der Waals surface area contributed by atoms with Crippen molar-refractivity contribution >= 4 is 40.3 Å². The van der Waals surface area contributed by atoms with E-state index < -0.39 is 41.1 Å². The molecule has 3 atom stereocenters. The summed E-state index contributed by atoms with van der Waals surface area (Å²) in [6.45, 7) is 14.7. The number of nitrogens with zero attached hydrogens (tertiary/aromatic N) is 5. The van der Waals surface area contributed by atoms with Crippen molar-refractivity contribution in [3.63, 3.8) is 0 Å². The van der Waals surface area contributed by atoms with E-state index in [9.17, 15) is 14.4 Å². The third-order valence-electron chi connectivity index (χ3n) is 9.33. The number of hydrogen-bond acceptors (Lipinski definition) is 11. The zero-order valence-electron chi connectivity index (χ0n) is 31.2. The molecule has 2 aliphatic heterocycles. The van der Waals surface area contributed by atoms with Gasteiger partial charge in [0.2, 0.25) is 0 Å². The molecular formula is C38H49N7O6S. The van der Waals surface area contributed by atoms with Gasteiger partial charge in [-0.1, -0.05) is 13.8 Å². The number of pyridine rings is 2. The summed E-state index contributed by atoms with van der Waals surface area (Å²) >= 11 is 1.39. The molecule has 6 rings (SSSR count). The van der Waals surface area contributed by atoms with Gasteiger partial charge in [-0.05, 0) is 78.1 Å². The Morgan fingerprint density at radius 3 is 2.71 bits per heavy atom. The summed E-state index contributed by atoms with van der Waals surface area (Å²) in [6.07, 6.45) is 2.58. The predicted octanol–water partition coefficient (Wildman–Crippen LogP) is 6.01. The minimum absolute atomic E-state index is 0.121. The molecule has 6 bridgehead atoms. The first kappa shape index (κ1) is 37.4. The van der Waals surface area contributed by atoms with Crippen molar-refractivity contribution in [3.05, 3.63) is 52.1 Å². The van der Waals surface area contributed by atoms with Crippen LogP contribution in [-0.4, -0.2) is 80.4 Å². The second kappa shape index (κ2) is 14.9. The van der Waals surface area contributed by atoms with Gasteiger partial charge in [-0.15, -0.1) is 11.3 Å². The minimum Gasteiger partial charge on any atom is -0.464 e. The van der Waals surface area contributed by atoms with Crippen LogP contribution in [0.15, 0.2) is 35.8 Å². The molecule has 278 valence electrons. The molecule has 0 radical (unpaired) electrons. The first-order valence-electron chi connectivity index (χ1n) is 17.9. The lowest BCUT2D eigenvalue weighted by molar-refractivity contribution is -0.155. The van der Waals surface area contributed by atoms with Crippen molar-refractivity contribution < 1.29 is 28.6 Å². The summed E-state index contributed by atoms with van der Waals surface area (Å²) in [5.41, 5.74) is 8.77. The van der Waals surface area contributed by atoms with E-state index in [1.807, 2.05) is 24.4 Å². The highest BCUT2D eigenvalue weighted by Gasteiger charge is 2.36. The number of aryl methyl sites for hydroxylation is 1. The number of nitrogens with one attached hydrogen (secondary N) is 2. The molecule has 52 heavy (non-hydrogen) atoms. The highest BCUT2D eigenvalue weighted by Crippen LogP contribution is 2.40. The Morgan fingerprint density at radius 2 is 1.98 bits per heavy atom. The zero-order valence-corrected chi connectivity index (χ0v) is 32.1. The van der Waals surface area contributed by atoms with Gasteiger partial charge >= 0.3 is 12.1 Å². The van der Waals surface area contributed by atoms with Gasteiger partial charge in [0.25, 0.3) is 5.91 Å². The van der Waals surface area contributed by atoms with Crippen molar-refractivity contribution in [1.29, 1.82) is 0 Å². The minimum atomic E-state index is -1.000. The van der Waals surface area contributed by atoms with Gasteiger partial charge in [0.15, 0.2) is 0 Å². The Hall–Kier alpha value is -4.40. The van der Waals surface area contributed by atoms with Crippen LogP contribution < -0.4 is 10.7 Å². The predicted molar refractivity (Wildman–Crippen MR) is 198 cm³/mol. The molecule has 4 aromatic heterocycles. The average Bonchev–Trinajstić information content (AvgIpc) is 3.70. The lowest BCUT2D eigenvalue weighted by Crippen LogP contribution is -2.60. The molecule has 0 aromatic carbocycles. The number of alkyl carbamates (subject to hydrolysis) is 1. The number of aromatic nitrogens is 4. The maximum Gasteiger partial charge on any atom is 0.408 e. The fourth-order valence-corrected chi connectivity index (χ4v) is 7.67. The Kier molecular flexibility index (Phi) is 10.7. The number of amides is 2. The van der Waals surface area contributed by atoms with Crippen molar-refractivity contribution in [1.82, 2.24) is 35.3 Å². The van der Waals surface area contributed by atoms with Gasteiger partial charge < -0.3 is 24.1 Å². The Balaban J connectivity index is 1.49. The lowest BCUT2D eigenvalue weighted by Gasteiger charge is -2.35.